The molecule has 0 aromatic heterocycles. The molecule has 0 saturated heterocycles. The molecule has 2 rings (SSSR count). The minimum atomic E-state index is 0.531. The van der Waals surface area contributed by atoms with E-state index in [4.69, 9.17) is 111 Å². The molecule has 0 bridgehead atoms. The van der Waals surface area contributed by atoms with Gasteiger partial charge in [0.15, 0.2) is 0 Å². The third-order valence-electron chi connectivity index (χ3n) is 15.7. The fraction of sp³-hybridized carbons (Fsp3) is 0.612. The first-order chi connectivity index (χ1) is 50.9. The summed E-state index contributed by atoms with van der Waals surface area (Å²) in [6.07, 6.45) is 24.5. The lowest BCUT2D eigenvalue weighted by Crippen LogP contribution is -2.15. The second-order valence-corrected chi connectivity index (χ2v) is 24.1. The Bertz CT molecular complexity index is 3100. The minimum Gasteiger partial charge on any atom is -0.324 e. The maximum atomic E-state index is 6.89. The molecule has 600 valence electrons. The van der Waals surface area contributed by atoms with Crippen molar-refractivity contribution in [3.63, 3.8) is 0 Å². The van der Waals surface area contributed by atoms with Crippen LogP contribution in [0.5, 0.6) is 0 Å². The van der Waals surface area contributed by atoms with Crippen molar-refractivity contribution >= 4 is 120 Å². The van der Waals surface area contributed by atoms with Crippen LogP contribution < -0.4 is 111 Å². The maximum absolute atomic E-state index is 6.89. The Labute approximate surface area is 630 Å². The maximum Gasteiger partial charge on any atom is 0.0485 e. The van der Waals surface area contributed by atoms with Crippen molar-refractivity contribution in [1.29, 1.82) is 5.41 Å². The lowest BCUT2D eigenvalue weighted by molar-refractivity contribution is 0.861. The molecule has 1 fully saturated rings. The van der Waals surface area contributed by atoms with Gasteiger partial charge < -0.3 is 110 Å². The number of nitrogens with one attached hydrogen (secondary N) is 2. The average molecular weight is 1490 g/mol. The van der Waals surface area contributed by atoms with E-state index < -0.39 is 0 Å². The van der Waals surface area contributed by atoms with Gasteiger partial charge in [0.25, 0.3) is 0 Å². The van der Waals surface area contributed by atoms with E-state index in [1.165, 1.54) is 11.9 Å². The molecule has 39 nitrogen and oxygen atoms in total. The van der Waals surface area contributed by atoms with Crippen molar-refractivity contribution in [1.82, 2.24) is 0 Å². The summed E-state index contributed by atoms with van der Waals surface area (Å²) in [7, 11) is 3.59. The normalized spacial score (nSPS) is 15.2. The Kier molecular flexibility index (Phi) is 70.7. The standard InChI is InChI=1S/C14H30N10.C14H30N8.C12H26N8.C7H16N4.C7H13N3.C7H9N3.C6H13N3/c1-10(20-15)6-7-14(24-19)9-13(23-18)5-3-4-12(22-17)8-11(2)21-16;1-3-5-12(20-16)6-4-7-13(21-17)10-14(22-18)9-8-11(2)19-15;1-3-10(18-14)8-12(20-16)6-4-5-11(19-15)7-9(2)17-13;1-3-7(11-9)5-4-6(2)10-8;1-9-6-3-2-4-7(5-6)10-8;8-5-6-1-3-7(10-9)4-2-6;1-5(8-3)4-6(2)9-7/h3-9,15-19H2,1-2H3;3-10,15-18H2,1-2H3;3-8,13-16H2,1-2H3;3-5,8-9H2,1-2H3;2-5,8H2,1H3;1-5,8,10H,9H2;4,7H2,1-3H3/b20-10-,21-11-,22-12+,23-13-,24-14+;19-11-,20-12-,21-13-,22-14+;17-9-,18-10+,19-11+,20-12-;10-6-,11-7+;9-6?,10-7+;;8-5?,9-6-. The van der Waals surface area contributed by atoms with E-state index in [2.05, 4.69) is 109 Å². The van der Waals surface area contributed by atoms with Gasteiger partial charge in [0, 0.05) is 179 Å². The van der Waals surface area contributed by atoms with Crippen LogP contribution in [0.2, 0.25) is 0 Å². The molecule has 0 atom stereocenters. The molecule has 1 aliphatic rings. The summed E-state index contributed by atoms with van der Waals surface area (Å²) in [6.45, 7) is 19.2. The molecule has 0 radical (unpaired) electrons. The van der Waals surface area contributed by atoms with Crippen molar-refractivity contribution in [3.05, 3.63) is 29.8 Å². The van der Waals surface area contributed by atoms with Gasteiger partial charge in [0.2, 0.25) is 0 Å². The van der Waals surface area contributed by atoms with Crippen LogP contribution >= 0.6 is 0 Å². The van der Waals surface area contributed by atoms with Gasteiger partial charge in [0.1, 0.15) is 0 Å². The second-order valence-electron chi connectivity index (χ2n) is 24.1. The molecule has 0 unspecified atom stereocenters. The molecule has 1 aromatic carbocycles. The number of anilines is 1. The second kappa shape index (κ2) is 72.3. The molecule has 1 aromatic rings. The zero-order valence-corrected chi connectivity index (χ0v) is 65.8. The molecule has 39 heteroatoms. The third-order valence-corrected chi connectivity index (χ3v) is 15.7. The first-order valence-corrected chi connectivity index (χ1v) is 35.1. The number of nitrogen functional groups attached to an aromatic ring is 1. The molecule has 0 spiro atoms. The Morgan fingerprint density at radius 3 is 0.953 bits per heavy atom. The van der Waals surface area contributed by atoms with Gasteiger partial charge in [-0.25, -0.2) is 0 Å². The van der Waals surface area contributed by atoms with E-state index in [0.29, 0.717) is 57.8 Å². The van der Waals surface area contributed by atoms with Crippen LogP contribution in [-0.2, 0) is 0 Å². The van der Waals surface area contributed by atoms with Crippen LogP contribution in [0, 0.1) is 5.41 Å². The van der Waals surface area contributed by atoms with E-state index in [-0.39, 0.29) is 0 Å². The number of hydrogen-bond donors (Lipinski definition) is 20. The monoisotopic (exact) mass is 1490 g/mol. The first-order valence-electron chi connectivity index (χ1n) is 35.1. The number of aliphatic imine (C=N–C) groups is 2. The van der Waals surface area contributed by atoms with Gasteiger partial charge in [-0.2, -0.15) is 86.7 Å². The molecule has 1 aliphatic carbocycles. The Hall–Kier alpha value is -11.0. The van der Waals surface area contributed by atoms with Gasteiger partial charge in [-0.1, -0.05) is 39.3 Å². The van der Waals surface area contributed by atoms with Crippen LogP contribution in [0.4, 0.5) is 5.69 Å². The van der Waals surface area contributed by atoms with Crippen molar-refractivity contribution in [2.24, 2.45) is 202 Å². The smallest absolute Gasteiger partial charge is 0.0485 e. The molecule has 0 amide bonds. The SMILES string of the molecule is C/C(CC/C(C/C(CCC/C(C/C(C)=N\N)=N\N)=N\N)=N\N)=N/N.CC/C(C/C(CCC/C(C/C(C)=N\N)=N\N)=N\N)=N\N.CC/C(CC/C(C)=N\N)=N\N.CCC/C(CCC/C(C/C(CC/C(C)=N\N)=N/N)=N/N)=N/N.CN=C(C)C/C(C)=N\N.CN=C1CCC/C(=N\N)C1.N=Cc1ccc(NN)cc1. The largest absolute Gasteiger partial charge is 0.324 e. The van der Waals surface area contributed by atoms with Crippen LogP contribution in [0.3, 0.4) is 0 Å². The summed E-state index contributed by atoms with van der Waals surface area (Å²) in [5.41, 5.74) is 21.5. The van der Waals surface area contributed by atoms with Crippen molar-refractivity contribution in [2.45, 2.75) is 255 Å². The number of hydrazine groups is 1. The molecule has 38 N–H and O–H groups in total. The lowest BCUT2D eigenvalue weighted by atomic mass is 9.96. The van der Waals surface area contributed by atoms with Crippen LogP contribution in [-0.4, -0.2) is 129 Å². The topological polar surface area (TPSA) is 739 Å². The summed E-state index contributed by atoms with van der Waals surface area (Å²) in [6, 6.07) is 7.28. The van der Waals surface area contributed by atoms with E-state index in [9.17, 15) is 0 Å². The van der Waals surface area contributed by atoms with Crippen LogP contribution in [0.1, 0.15) is 261 Å². The lowest BCUT2D eigenvalue weighted by Gasteiger charge is -2.13. The highest BCUT2D eigenvalue weighted by Crippen LogP contribution is 2.14. The minimum absolute atomic E-state index is 0.531. The van der Waals surface area contributed by atoms with Gasteiger partial charge in [0.05, 0.1) is 0 Å². The number of nitrogens with two attached hydrogens (primary N) is 18. The van der Waals surface area contributed by atoms with Gasteiger partial charge >= 0.3 is 0 Å². The highest BCUT2D eigenvalue weighted by Gasteiger charge is 2.14. The quantitative estimate of drug-likeness (QED) is 0.0207. The highest BCUT2D eigenvalue weighted by atomic mass is 15.2. The van der Waals surface area contributed by atoms with E-state index in [1.807, 2.05) is 93.6 Å². The summed E-state index contributed by atoms with van der Waals surface area (Å²) in [5.74, 6) is 94.9. The van der Waals surface area contributed by atoms with Crippen LogP contribution in [0.15, 0.2) is 121 Å². The van der Waals surface area contributed by atoms with Gasteiger partial charge in [-0.3, -0.25) is 15.8 Å². The van der Waals surface area contributed by atoms with Gasteiger partial charge in [-0.15, -0.1) is 0 Å². The van der Waals surface area contributed by atoms with Gasteiger partial charge in [-0.05, 0) is 201 Å². The first kappa shape index (κ1) is 104. The molecule has 1 saturated carbocycles. The van der Waals surface area contributed by atoms with Crippen LogP contribution in [0.25, 0.3) is 0 Å². The summed E-state index contributed by atoms with van der Waals surface area (Å²) >= 11 is 0. The Morgan fingerprint density at radius 2 is 0.660 bits per heavy atom. The average Bonchev–Trinajstić information content (AvgIpc) is 0.942. The fourth-order valence-corrected chi connectivity index (χ4v) is 8.95. The molecule has 106 heavy (non-hydrogen) atoms. The summed E-state index contributed by atoms with van der Waals surface area (Å²) in [4.78, 5) is 8.08. The number of hydrazone groups is 17. The third kappa shape index (κ3) is 59.5. The number of rotatable bonds is 39. The molecular formula is C67H137N39. The van der Waals surface area contributed by atoms with Crippen molar-refractivity contribution in [3.8, 4) is 0 Å². The predicted octanol–water partition coefficient (Wildman–Crippen LogP) is 5.91. The summed E-state index contributed by atoms with van der Waals surface area (Å²) in [5, 5.41) is 69.9. The molecule has 0 aliphatic heterocycles. The zero-order chi connectivity index (χ0) is 81.3. The highest BCUT2D eigenvalue weighted by molar-refractivity contribution is 6.09. The Morgan fingerprint density at radius 1 is 0.349 bits per heavy atom. The van der Waals surface area contributed by atoms with Crippen molar-refractivity contribution in [2.75, 3.05) is 19.5 Å². The number of nitrogens with zero attached hydrogens (tertiary/aromatic N) is 19. The molecule has 0 heterocycles. The fourth-order valence-electron chi connectivity index (χ4n) is 8.95. The van der Waals surface area contributed by atoms with Crippen molar-refractivity contribution < 1.29 is 0 Å². The van der Waals surface area contributed by atoms with E-state index in [1.54, 1.807) is 7.05 Å². The Balaban J connectivity index is -0.000000386. The number of hydrogen-bond acceptors (Lipinski definition) is 39. The summed E-state index contributed by atoms with van der Waals surface area (Å²) < 4.78 is 0. The predicted molar refractivity (Wildman–Crippen MR) is 457 cm³/mol. The zero-order valence-electron chi connectivity index (χ0n) is 65.8. The molecular weight excluding hydrogens is 1350 g/mol. The van der Waals surface area contributed by atoms with E-state index >= 15 is 0 Å². The van der Waals surface area contributed by atoms with E-state index in [0.717, 1.165) is 242 Å². The number of benzene rings is 1.